The van der Waals surface area contributed by atoms with Crippen molar-refractivity contribution in [2.24, 2.45) is 0 Å². The molecule has 0 spiro atoms. The number of hydrogen-bond acceptors (Lipinski definition) is 3. The van der Waals surface area contributed by atoms with Crippen molar-refractivity contribution in [3.63, 3.8) is 0 Å². The van der Waals surface area contributed by atoms with Gasteiger partial charge in [-0.1, -0.05) is 30.3 Å². The number of methoxy groups -OCH3 is 1. The fourth-order valence-electron chi connectivity index (χ4n) is 1.97. The summed E-state index contributed by atoms with van der Waals surface area (Å²) in [5, 5.41) is 0. The first-order valence-corrected chi connectivity index (χ1v) is 7.21. The zero-order chi connectivity index (χ0) is 15.9. The largest absolute Gasteiger partial charge is 0.497 e. The number of benzene rings is 2. The Balaban J connectivity index is 2.05. The van der Waals surface area contributed by atoms with E-state index >= 15 is 0 Å². The number of allylic oxidation sites excluding steroid dienone is 1. The summed E-state index contributed by atoms with van der Waals surface area (Å²) >= 11 is 0. The van der Waals surface area contributed by atoms with Crippen molar-refractivity contribution in [3.05, 3.63) is 65.7 Å². The maximum Gasteiger partial charge on any atom is 0.185 e. The average molecular weight is 296 g/mol. The quantitative estimate of drug-likeness (QED) is 0.586. The third kappa shape index (κ3) is 4.48. The molecule has 0 N–H and O–H groups in total. The SMILES string of the molecule is COc1cccc(C(=O)C=Cc2ccc(OC(C)C)cc2)c1. The second kappa shape index (κ2) is 7.46. The highest BCUT2D eigenvalue weighted by Gasteiger charge is 2.03. The number of ketones is 1. The molecule has 0 aliphatic rings. The molecule has 0 heterocycles. The van der Waals surface area contributed by atoms with Crippen LogP contribution in [0.1, 0.15) is 29.8 Å². The topological polar surface area (TPSA) is 35.5 Å². The van der Waals surface area contributed by atoms with Crippen LogP contribution in [0, 0.1) is 0 Å². The minimum atomic E-state index is -0.0543. The van der Waals surface area contributed by atoms with Crippen LogP contribution in [0.2, 0.25) is 0 Å². The van der Waals surface area contributed by atoms with E-state index in [1.807, 2.05) is 44.2 Å². The molecule has 0 radical (unpaired) electrons. The van der Waals surface area contributed by atoms with Crippen molar-refractivity contribution in [1.82, 2.24) is 0 Å². The lowest BCUT2D eigenvalue weighted by molar-refractivity contribution is 0.104. The summed E-state index contributed by atoms with van der Waals surface area (Å²) in [6.45, 7) is 3.97. The van der Waals surface area contributed by atoms with Crippen LogP contribution in [-0.4, -0.2) is 19.0 Å². The molecule has 0 amide bonds. The molecule has 0 aliphatic carbocycles. The van der Waals surface area contributed by atoms with Crippen LogP contribution in [0.5, 0.6) is 11.5 Å². The van der Waals surface area contributed by atoms with Gasteiger partial charge in [0.2, 0.25) is 0 Å². The third-order valence-corrected chi connectivity index (χ3v) is 3.03. The maximum atomic E-state index is 12.1. The predicted octanol–water partition coefficient (Wildman–Crippen LogP) is 4.38. The molecule has 0 saturated carbocycles. The van der Waals surface area contributed by atoms with Gasteiger partial charge in [-0.2, -0.15) is 0 Å². The predicted molar refractivity (Wildman–Crippen MR) is 88.6 cm³/mol. The molecule has 0 aromatic heterocycles. The van der Waals surface area contributed by atoms with E-state index in [9.17, 15) is 4.79 Å². The van der Waals surface area contributed by atoms with Gasteiger partial charge in [-0.3, -0.25) is 4.79 Å². The van der Waals surface area contributed by atoms with E-state index in [1.165, 1.54) is 0 Å². The summed E-state index contributed by atoms with van der Waals surface area (Å²) in [5.74, 6) is 1.45. The Morgan fingerprint density at radius 1 is 1.05 bits per heavy atom. The molecule has 0 saturated heterocycles. The number of hydrogen-bond donors (Lipinski definition) is 0. The standard InChI is InChI=1S/C19H20O3/c1-14(2)22-17-10-7-15(8-11-17)9-12-19(20)16-5-4-6-18(13-16)21-3/h4-14H,1-3H3. The monoisotopic (exact) mass is 296 g/mol. The van der Waals surface area contributed by atoms with Crippen molar-refractivity contribution in [3.8, 4) is 11.5 Å². The number of carbonyl (C=O) groups excluding carboxylic acids is 1. The highest BCUT2D eigenvalue weighted by molar-refractivity contribution is 6.07. The van der Waals surface area contributed by atoms with Crippen LogP contribution < -0.4 is 9.47 Å². The lowest BCUT2D eigenvalue weighted by atomic mass is 10.1. The van der Waals surface area contributed by atoms with Crippen molar-refractivity contribution >= 4 is 11.9 Å². The van der Waals surface area contributed by atoms with E-state index in [2.05, 4.69) is 0 Å². The van der Waals surface area contributed by atoms with Crippen LogP contribution in [0.3, 0.4) is 0 Å². The van der Waals surface area contributed by atoms with Crippen molar-refractivity contribution < 1.29 is 14.3 Å². The van der Waals surface area contributed by atoms with Gasteiger partial charge in [-0.25, -0.2) is 0 Å². The Morgan fingerprint density at radius 3 is 2.41 bits per heavy atom. The number of carbonyl (C=O) groups is 1. The number of ether oxygens (including phenoxy) is 2. The van der Waals surface area contributed by atoms with Gasteiger partial charge in [0.05, 0.1) is 13.2 Å². The smallest absolute Gasteiger partial charge is 0.185 e. The molecule has 3 heteroatoms. The van der Waals surface area contributed by atoms with Crippen molar-refractivity contribution in [1.29, 1.82) is 0 Å². The maximum absolute atomic E-state index is 12.1. The lowest BCUT2D eigenvalue weighted by Crippen LogP contribution is -2.05. The molecule has 0 unspecified atom stereocenters. The molecular weight excluding hydrogens is 276 g/mol. The van der Waals surface area contributed by atoms with E-state index in [1.54, 1.807) is 37.5 Å². The van der Waals surface area contributed by atoms with Crippen molar-refractivity contribution in [2.45, 2.75) is 20.0 Å². The zero-order valence-electron chi connectivity index (χ0n) is 13.1. The van der Waals surface area contributed by atoms with Gasteiger partial charge >= 0.3 is 0 Å². The Labute approximate surface area is 131 Å². The molecule has 2 rings (SSSR count). The van der Waals surface area contributed by atoms with Crippen LogP contribution in [0.4, 0.5) is 0 Å². The summed E-state index contributed by atoms with van der Waals surface area (Å²) in [7, 11) is 1.58. The number of rotatable bonds is 6. The highest BCUT2D eigenvalue weighted by atomic mass is 16.5. The Bertz CT molecular complexity index is 655. The van der Waals surface area contributed by atoms with Gasteiger partial charge in [0.15, 0.2) is 5.78 Å². The minimum Gasteiger partial charge on any atom is -0.497 e. The van der Waals surface area contributed by atoms with E-state index in [0.29, 0.717) is 11.3 Å². The van der Waals surface area contributed by atoms with E-state index in [4.69, 9.17) is 9.47 Å². The molecule has 2 aromatic rings. The summed E-state index contributed by atoms with van der Waals surface area (Å²) in [4.78, 5) is 12.1. The molecule has 0 fully saturated rings. The molecular formula is C19H20O3. The third-order valence-electron chi connectivity index (χ3n) is 3.03. The van der Waals surface area contributed by atoms with E-state index < -0.39 is 0 Å². The lowest BCUT2D eigenvalue weighted by Gasteiger charge is -2.09. The molecule has 3 nitrogen and oxygen atoms in total. The first kappa shape index (κ1) is 15.8. The molecule has 22 heavy (non-hydrogen) atoms. The first-order valence-electron chi connectivity index (χ1n) is 7.21. The summed E-state index contributed by atoms with van der Waals surface area (Å²) in [6.07, 6.45) is 3.50. The fraction of sp³-hybridized carbons (Fsp3) is 0.211. The summed E-state index contributed by atoms with van der Waals surface area (Å²) < 4.78 is 10.7. The highest BCUT2D eigenvalue weighted by Crippen LogP contribution is 2.16. The van der Waals surface area contributed by atoms with Gasteiger partial charge in [0.1, 0.15) is 11.5 Å². The average Bonchev–Trinajstić information content (AvgIpc) is 2.53. The first-order chi connectivity index (χ1) is 10.6. The van der Waals surface area contributed by atoms with Gasteiger partial charge in [-0.05, 0) is 49.8 Å². The molecule has 0 bridgehead atoms. The molecule has 114 valence electrons. The molecule has 0 atom stereocenters. The Morgan fingerprint density at radius 2 is 1.77 bits per heavy atom. The molecule has 0 aliphatic heterocycles. The second-order valence-corrected chi connectivity index (χ2v) is 5.17. The minimum absolute atomic E-state index is 0.0543. The normalized spacial score (nSPS) is 10.9. The van der Waals surface area contributed by atoms with Crippen molar-refractivity contribution in [2.75, 3.05) is 7.11 Å². The van der Waals surface area contributed by atoms with Gasteiger partial charge in [0.25, 0.3) is 0 Å². The second-order valence-electron chi connectivity index (χ2n) is 5.17. The zero-order valence-corrected chi connectivity index (χ0v) is 13.1. The summed E-state index contributed by atoms with van der Waals surface area (Å²) in [5.41, 5.74) is 1.56. The van der Waals surface area contributed by atoms with E-state index in [0.717, 1.165) is 11.3 Å². The van der Waals surface area contributed by atoms with Crippen LogP contribution >= 0.6 is 0 Å². The van der Waals surface area contributed by atoms with Gasteiger partial charge < -0.3 is 9.47 Å². The van der Waals surface area contributed by atoms with Gasteiger partial charge in [-0.15, -0.1) is 0 Å². The fourth-order valence-corrected chi connectivity index (χ4v) is 1.97. The van der Waals surface area contributed by atoms with Crippen LogP contribution in [-0.2, 0) is 0 Å². The van der Waals surface area contributed by atoms with E-state index in [-0.39, 0.29) is 11.9 Å². The Hall–Kier alpha value is -2.55. The van der Waals surface area contributed by atoms with Crippen LogP contribution in [0.25, 0.3) is 6.08 Å². The van der Waals surface area contributed by atoms with Gasteiger partial charge in [0, 0.05) is 5.56 Å². The Kier molecular flexibility index (Phi) is 5.37. The summed E-state index contributed by atoms with van der Waals surface area (Å²) in [6, 6.07) is 14.8. The molecule has 2 aromatic carbocycles. The van der Waals surface area contributed by atoms with Crippen LogP contribution in [0.15, 0.2) is 54.6 Å².